The number of rotatable bonds is 5. The molecule has 3 aromatic carbocycles. The van der Waals surface area contributed by atoms with Gasteiger partial charge in [0.15, 0.2) is 6.61 Å². The van der Waals surface area contributed by atoms with E-state index < -0.39 is 11.9 Å². The molecule has 3 aromatic rings. The summed E-state index contributed by atoms with van der Waals surface area (Å²) in [6.07, 6.45) is 0. The maximum absolute atomic E-state index is 12.4. The summed E-state index contributed by atoms with van der Waals surface area (Å²) in [6, 6.07) is 15.4. The topological polar surface area (TPSA) is 94.6 Å². The third-order valence-electron chi connectivity index (χ3n) is 5.48. The second-order valence-corrected chi connectivity index (χ2v) is 9.09. The van der Waals surface area contributed by atoms with Gasteiger partial charge in [-0.1, -0.05) is 46.9 Å². The third kappa shape index (κ3) is 5.03. The molecule has 9 heteroatoms. The van der Waals surface area contributed by atoms with Crippen molar-refractivity contribution >= 4 is 40.8 Å². The Morgan fingerprint density at radius 3 is 2.34 bits per heavy atom. The Kier molecular flexibility index (Phi) is 7.13. The third-order valence-corrected chi connectivity index (χ3v) is 6.73. The van der Waals surface area contributed by atoms with Crippen molar-refractivity contribution in [3.63, 3.8) is 0 Å². The number of nitrogens with zero attached hydrogens (tertiary/aromatic N) is 1. The van der Waals surface area contributed by atoms with E-state index in [9.17, 15) is 10.1 Å². The molecule has 0 bridgehead atoms. The number of carbonyl (C=O) groups is 1. The largest absolute Gasteiger partial charge is 0.482 e. The Morgan fingerprint density at radius 1 is 1.06 bits per heavy atom. The predicted octanol–water partition coefficient (Wildman–Crippen LogP) is 6.47. The van der Waals surface area contributed by atoms with Crippen LogP contribution in [0.15, 0.2) is 60.0 Å². The molecule has 0 saturated carbocycles. The maximum atomic E-state index is 12.4. The van der Waals surface area contributed by atoms with Gasteiger partial charge in [0.05, 0.1) is 5.92 Å². The molecule has 6 nitrogen and oxygen atoms in total. The molecule has 1 aliphatic heterocycles. The van der Waals surface area contributed by atoms with Gasteiger partial charge in [-0.25, -0.2) is 4.79 Å². The van der Waals surface area contributed by atoms with Crippen LogP contribution < -0.4 is 19.9 Å². The number of fused-ring (bicyclic) bond motifs is 1. The summed E-state index contributed by atoms with van der Waals surface area (Å²) in [5.74, 6) is -0.291. The van der Waals surface area contributed by atoms with Crippen molar-refractivity contribution in [3.8, 4) is 23.3 Å². The highest BCUT2D eigenvalue weighted by Crippen LogP contribution is 2.47. The number of hydrogen-bond donors (Lipinski definition) is 1. The Morgan fingerprint density at radius 2 is 1.71 bits per heavy atom. The van der Waals surface area contributed by atoms with Crippen molar-refractivity contribution in [2.45, 2.75) is 19.8 Å². The van der Waals surface area contributed by atoms with Crippen LogP contribution >= 0.6 is 34.8 Å². The van der Waals surface area contributed by atoms with E-state index >= 15 is 0 Å². The van der Waals surface area contributed by atoms with Crippen LogP contribution in [0.25, 0.3) is 0 Å². The molecule has 0 fully saturated rings. The summed E-state index contributed by atoms with van der Waals surface area (Å²) in [6.45, 7) is 3.40. The second-order valence-electron chi connectivity index (χ2n) is 7.89. The van der Waals surface area contributed by atoms with Gasteiger partial charge in [-0.2, -0.15) is 5.26 Å². The number of hydrogen-bond acceptors (Lipinski definition) is 6. The zero-order valence-electron chi connectivity index (χ0n) is 18.7. The van der Waals surface area contributed by atoms with Gasteiger partial charge in [0, 0.05) is 32.3 Å². The van der Waals surface area contributed by atoms with Gasteiger partial charge < -0.3 is 19.9 Å². The van der Waals surface area contributed by atoms with E-state index in [0.29, 0.717) is 37.7 Å². The van der Waals surface area contributed by atoms with Crippen LogP contribution in [0.1, 0.15) is 28.2 Å². The summed E-state index contributed by atoms with van der Waals surface area (Å²) in [7, 11) is 0. The molecule has 0 aliphatic carbocycles. The lowest BCUT2D eigenvalue weighted by Gasteiger charge is -2.27. The van der Waals surface area contributed by atoms with Crippen molar-refractivity contribution in [1.29, 1.82) is 5.26 Å². The van der Waals surface area contributed by atoms with Crippen LogP contribution in [-0.2, 0) is 4.79 Å². The molecule has 0 spiro atoms. The molecular formula is C26H19Cl3N2O4. The molecule has 0 aromatic heterocycles. The average molecular weight is 530 g/mol. The SMILES string of the molecule is Cc1cc(OCC(=O)Oc2ccc3c(c2)OC(N)=C(C#N)C3c2c(Cl)cccc2Cl)cc(C)c1Cl. The van der Waals surface area contributed by atoms with Crippen LogP contribution in [0.3, 0.4) is 0 Å². The molecule has 1 aliphatic rings. The normalized spacial score (nSPS) is 14.6. The Bertz CT molecular complexity index is 1370. The van der Waals surface area contributed by atoms with E-state index in [1.807, 2.05) is 13.8 Å². The predicted molar refractivity (Wildman–Crippen MR) is 134 cm³/mol. The number of benzene rings is 3. The molecule has 35 heavy (non-hydrogen) atoms. The fourth-order valence-electron chi connectivity index (χ4n) is 3.87. The van der Waals surface area contributed by atoms with Crippen LogP contribution in [0.5, 0.6) is 17.2 Å². The van der Waals surface area contributed by atoms with E-state index in [2.05, 4.69) is 6.07 Å². The lowest BCUT2D eigenvalue weighted by atomic mass is 9.83. The van der Waals surface area contributed by atoms with Gasteiger partial charge in [0.25, 0.3) is 0 Å². The van der Waals surface area contributed by atoms with E-state index in [-0.39, 0.29) is 23.8 Å². The second kappa shape index (κ2) is 10.1. The molecule has 2 N–H and O–H groups in total. The minimum absolute atomic E-state index is 0.0822. The van der Waals surface area contributed by atoms with Crippen molar-refractivity contribution in [2.24, 2.45) is 5.73 Å². The number of nitrogens with two attached hydrogens (primary N) is 1. The summed E-state index contributed by atoms with van der Waals surface area (Å²) in [4.78, 5) is 12.4. The Hall–Kier alpha value is -3.37. The van der Waals surface area contributed by atoms with Gasteiger partial charge in [-0.05, 0) is 55.3 Å². The number of nitriles is 1. The standard InChI is InChI=1S/C26H19Cl3N2O4/c1-13-8-16(9-14(2)25(13)29)33-12-22(32)34-15-6-7-17-21(10-15)35-26(31)18(11-30)23(17)24-19(27)4-3-5-20(24)28/h3-10,23H,12,31H2,1-2H3. The molecule has 1 atom stereocenters. The van der Waals surface area contributed by atoms with Gasteiger partial charge in [0.2, 0.25) is 5.88 Å². The summed E-state index contributed by atoms with van der Waals surface area (Å²) in [5, 5.41) is 11.2. The maximum Gasteiger partial charge on any atom is 0.349 e. The Balaban J connectivity index is 1.57. The zero-order valence-corrected chi connectivity index (χ0v) is 21.0. The van der Waals surface area contributed by atoms with Gasteiger partial charge in [-0.3, -0.25) is 0 Å². The zero-order chi connectivity index (χ0) is 25.3. The summed E-state index contributed by atoms with van der Waals surface area (Å²) >= 11 is 19.0. The quantitative estimate of drug-likeness (QED) is 0.301. The molecular weight excluding hydrogens is 511 g/mol. The van der Waals surface area contributed by atoms with E-state index in [0.717, 1.165) is 11.1 Å². The van der Waals surface area contributed by atoms with Gasteiger partial charge in [-0.15, -0.1) is 0 Å². The highest BCUT2D eigenvalue weighted by Gasteiger charge is 2.33. The van der Waals surface area contributed by atoms with Crippen molar-refractivity contribution in [3.05, 3.63) is 97.3 Å². The highest BCUT2D eigenvalue weighted by atomic mass is 35.5. The van der Waals surface area contributed by atoms with Crippen molar-refractivity contribution < 1.29 is 19.0 Å². The number of aryl methyl sites for hydroxylation is 2. The summed E-state index contributed by atoms with van der Waals surface area (Å²) in [5.41, 5.74) is 9.05. The molecule has 1 heterocycles. The fourth-order valence-corrected chi connectivity index (χ4v) is 4.60. The number of allylic oxidation sites excluding steroid dienone is 1. The highest BCUT2D eigenvalue weighted by molar-refractivity contribution is 6.36. The minimum atomic E-state index is -0.644. The van der Waals surface area contributed by atoms with Gasteiger partial charge in [0.1, 0.15) is 28.9 Å². The minimum Gasteiger partial charge on any atom is -0.482 e. The first-order valence-corrected chi connectivity index (χ1v) is 11.6. The lowest BCUT2D eigenvalue weighted by molar-refractivity contribution is -0.136. The van der Waals surface area contributed by atoms with Gasteiger partial charge >= 0.3 is 5.97 Å². The first kappa shape index (κ1) is 24.7. The number of halogens is 3. The average Bonchev–Trinajstić information content (AvgIpc) is 2.80. The molecule has 0 radical (unpaired) electrons. The number of carbonyl (C=O) groups excluding carboxylic acids is 1. The fraction of sp³-hybridized carbons (Fsp3) is 0.154. The van der Waals surface area contributed by atoms with Crippen LogP contribution in [-0.4, -0.2) is 12.6 Å². The van der Waals surface area contributed by atoms with Crippen molar-refractivity contribution in [1.82, 2.24) is 0 Å². The van der Waals surface area contributed by atoms with E-state index in [1.54, 1.807) is 42.5 Å². The monoisotopic (exact) mass is 528 g/mol. The lowest BCUT2D eigenvalue weighted by Crippen LogP contribution is -2.22. The molecule has 1 unspecified atom stereocenters. The van der Waals surface area contributed by atoms with E-state index in [4.69, 9.17) is 54.7 Å². The molecule has 4 rings (SSSR count). The Labute approximate surface area is 217 Å². The molecule has 0 saturated heterocycles. The first-order valence-electron chi connectivity index (χ1n) is 10.4. The molecule has 178 valence electrons. The van der Waals surface area contributed by atoms with Crippen LogP contribution in [0, 0.1) is 25.2 Å². The number of esters is 1. The first-order chi connectivity index (χ1) is 16.7. The number of ether oxygens (including phenoxy) is 3. The van der Waals surface area contributed by atoms with Crippen LogP contribution in [0.4, 0.5) is 0 Å². The van der Waals surface area contributed by atoms with Crippen LogP contribution in [0.2, 0.25) is 15.1 Å². The van der Waals surface area contributed by atoms with Crippen molar-refractivity contribution in [2.75, 3.05) is 6.61 Å². The summed E-state index contributed by atoms with van der Waals surface area (Å²) < 4.78 is 16.6. The van der Waals surface area contributed by atoms with E-state index in [1.165, 1.54) is 6.07 Å². The smallest absolute Gasteiger partial charge is 0.349 e. The molecule has 0 amide bonds.